The minimum absolute atomic E-state index is 0.250. The number of nitrogens with zero attached hydrogens (tertiary/aromatic N) is 2. The van der Waals surface area contributed by atoms with E-state index in [4.69, 9.17) is 9.40 Å². The Bertz CT molecular complexity index is 1910. The number of hydrogen-bond donors (Lipinski definition) is 0. The second-order valence-corrected chi connectivity index (χ2v) is 9.68. The minimum Gasteiger partial charge on any atom is -0.460 e. The zero-order valence-electron chi connectivity index (χ0n) is 18.5. The monoisotopic (exact) mass is 456 g/mol. The third kappa shape index (κ3) is 2.35. The zero-order valence-corrected chi connectivity index (χ0v) is 18.5. The zero-order chi connectivity index (χ0) is 23.4. The summed E-state index contributed by atoms with van der Waals surface area (Å²) in [6.07, 6.45) is -2.94. The van der Waals surface area contributed by atoms with Crippen molar-refractivity contribution in [3.63, 3.8) is 0 Å². The van der Waals surface area contributed by atoms with Crippen LogP contribution in [0.5, 0.6) is 0 Å². The van der Waals surface area contributed by atoms with Crippen molar-refractivity contribution in [3.05, 3.63) is 72.6 Å². The van der Waals surface area contributed by atoms with Crippen molar-refractivity contribution in [1.29, 1.82) is 0 Å². The van der Waals surface area contributed by atoms with E-state index in [0.717, 1.165) is 48.7 Å². The molecule has 7 rings (SSSR count). The first-order valence-electron chi connectivity index (χ1n) is 11.2. The third-order valence-electron chi connectivity index (χ3n) is 7.18. The molecular formula is C28H19F3N2O. The molecule has 0 atom stereocenters. The minimum atomic E-state index is -4.35. The molecule has 0 unspecified atom stereocenters. The summed E-state index contributed by atoms with van der Waals surface area (Å²) >= 11 is 0. The van der Waals surface area contributed by atoms with Gasteiger partial charge >= 0.3 is 6.18 Å². The summed E-state index contributed by atoms with van der Waals surface area (Å²) in [6.45, 7) is 2.44. The van der Waals surface area contributed by atoms with Crippen LogP contribution in [0.4, 0.5) is 13.2 Å². The summed E-state index contributed by atoms with van der Waals surface area (Å²) in [7, 11) is 0. The van der Waals surface area contributed by atoms with Crippen molar-refractivity contribution in [3.8, 4) is 0 Å². The largest absolute Gasteiger partial charge is 0.460 e. The molecule has 0 bridgehead atoms. The highest BCUT2D eigenvalue weighted by atomic mass is 19.4. The van der Waals surface area contributed by atoms with Crippen LogP contribution in [0.15, 0.2) is 71.3 Å². The number of hydrogen-bond acceptors (Lipinski definition) is 2. The van der Waals surface area contributed by atoms with Gasteiger partial charge < -0.3 is 4.42 Å². The highest BCUT2D eigenvalue weighted by Gasteiger charge is 2.48. The number of halogens is 3. The van der Waals surface area contributed by atoms with Crippen LogP contribution >= 0.6 is 0 Å². The van der Waals surface area contributed by atoms with Crippen molar-refractivity contribution < 1.29 is 17.6 Å². The fourth-order valence-corrected chi connectivity index (χ4v) is 5.42. The third-order valence-corrected chi connectivity index (χ3v) is 7.18. The fourth-order valence-electron chi connectivity index (χ4n) is 5.42. The number of alkyl halides is 3. The molecule has 4 aromatic heterocycles. The molecule has 0 saturated heterocycles. The normalized spacial score (nSPS) is 13.6. The average molecular weight is 456 g/mol. The Hall–Kier alpha value is -3.80. The topological polar surface area (TPSA) is 30.4 Å². The van der Waals surface area contributed by atoms with Crippen molar-refractivity contribution in [2.24, 2.45) is 5.41 Å². The summed E-state index contributed by atoms with van der Waals surface area (Å²) in [5, 5.41) is 6.81. The van der Waals surface area contributed by atoms with Gasteiger partial charge in [-0.05, 0) is 22.9 Å². The predicted molar refractivity (Wildman–Crippen MR) is 130 cm³/mol. The second kappa shape index (κ2) is 6.20. The Balaban J connectivity index is 1.71. The molecule has 168 valence electrons. The first kappa shape index (κ1) is 19.6. The highest BCUT2D eigenvalue weighted by molar-refractivity contribution is 6.30. The van der Waals surface area contributed by atoms with Crippen molar-refractivity contribution in [1.82, 2.24) is 9.38 Å². The maximum absolute atomic E-state index is 13.8. The van der Waals surface area contributed by atoms with Gasteiger partial charge in [0, 0.05) is 34.2 Å². The standard InChI is InChI=1S/C28H19F3N2O/c1-27(2,28(29,30)31)14-21-23-18-9-5-8-17-22-16-7-4-3-6-15(16)10-11-19(22)33(25(17)18)26-24(23)20(34-21)12-13-32-26/h3-13H,14H2,1-2H3. The number of fused-ring (bicyclic) bond motifs is 7. The summed E-state index contributed by atoms with van der Waals surface area (Å²) in [6, 6.07) is 20.2. The molecule has 0 aliphatic carbocycles. The van der Waals surface area contributed by atoms with E-state index in [1.54, 1.807) is 12.3 Å². The van der Waals surface area contributed by atoms with Crippen molar-refractivity contribution >= 4 is 60.0 Å². The van der Waals surface area contributed by atoms with Crippen LogP contribution in [-0.2, 0) is 6.42 Å². The van der Waals surface area contributed by atoms with Crippen LogP contribution in [0.1, 0.15) is 19.6 Å². The van der Waals surface area contributed by atoms with E-state index in [-0.39, 0.29) is 6.42 Å². The molecule has 0 aliphatic rings. The van der Waals surface area contributed by atoms with Crippen LogP contribution in [-0.4, -0.2) is 15.6 Å². The summed E-state index contributed by atoms with van der Waals surface area (Å²) < 4.78 is 49.6. The lowest BCUT2D eigenvalue weighted by molar-refractivity contribution is -0.211. The number of rotatable bonds is 2. The maximum Gasteiger partial charge on any atom is 0.394 e. The maximum atomic E-state index is 13.8. The Labute approximate surface area is 191 Å². The van der Waals surface area contributed by atoms with E-state index in [1.165, 1.54) is 13.8 Å². The molecule has 0 N–H and O–H groups in total. The lowest BCUT2D eigenvalue weighted by atomic mass is 9.86. The van der Waals surface area contributed by atoms with Gasteiger partial charge in [0.15, 0.2) is 0 Å². The van der Waals surface area contributed by atoms with E-state index < -0.39 is 11.6 Å². The van der Waals surface area contributed by atoms with E-state index in [9.17, 15) is 13.2 Å². The van der Waals surface area contributed by atoms with Gasteiger partial charge in [0.25, 0.3) is 0 Å². The Morgan fingerprint density at radius 3 is 2.35 bits per heavy atom. The van der Waals surface area contributed by atoms with Gasteiger partial charge in [-0.1, -0.05) is 62.4 Å². The molecule has 7 aromatic rings. The van der Waals surface area contributed by atoms with Crippen molar-refractivity contribution in [2.75, 3.05) is 0 Å². The molecule has 3 nitrogen and oxygen atoms in total. The predicted octanol–water partition coefficient (Wildman–Crippen LogP) is 8.26. The molecule has 0 saturated carbocycles. The van der Waals surface area contributed by atoms with Gasteiger partial charge in [0.2, 0.25) is 0 Å². The van der Waals surface area contributed by atoms with Crippen molar-refractivity contribution in [2.45, 2.75) is 26.4 Å². The van der Waals surface area contributed by atoms with Gasteiger partial charge in [0.1, 0.15) is 17.0 Å². The lowest BCUT2D eigenvalue weighted by Crippen LogP contribution is -2.34. The SMILES string of the molecule is CC(C)(Cc1oc2ccnc3c2c1c1cccc2c4c5ccccc5ccc4n3c12)C(F)(F)F. The molecule has 0 amide bonds. The Morgan fingerprint density at radius 1 is 0.824 bits per heavy atom. The molecule has 0 fully saturated rings. The smallest absolute Gasteiger partial charge is 0.394 e. The fraction of sp³-hybridized carbons (Fsp3) is 0.179. The summed E-state index contributed by atoms with van der Waals surface area (Å²) in [4.78, 5) is 4.70. The van der Waals surface area contributed by atoms with E-state index >= 15 is 0 Å². The average Bonchev–Trinajstić information content (AvgIpc) is 3.34. The van der Waals surface area contributed by atoms with Crippen LogP contribution in [0.3, 0.4) is 0 Å². The molecule has 0 spiro atoms. The Morgan fingerprint density at radius 2 is 1.56 bits per heavy atom. The number of furan rings is 1. The van der Waals surface area contributed by atoms with Gasteiger partial charge in [-0.3, -0.25) is 4.40 Å². The molecule has 4 heterocycles. The molecule has 34 heavy (non-hydrogen) atoms. The first-order chi connectivity index (χ1) is 16.3. The first-order valence-corrected chi connectivity index (χ1v) is 11.2. The van der Waals surface area contributed by atoms with E-state index in [0.29, 0.717) is 17.0 Å². The van der Waals surface area contributed by atoms with Crippen LogP contribution in [0.2, 0.25) is 0 Å². The number of aromatic nitrogens is 2. The van der Waals surface area contributed by atoms with Gasteiger partial charge in [0.05, 0.1) is 21.8 Å². The van der Waals surface area contributed by atoms with E-state index in [1.807, 2.05) is 24.3 Å². The molecule has 0 radical (unpaired) electrons. The number of pyridine rings is 2. The van der Waals surface area contributed by atoms with E-state index in [2.05, 4.69) is 34.7 Å². The Kier molecular flexibility index (Phi) is 3.58. The lowest BCUT2D eigenvalue weighted by Gasteiger charge is -2.26. The summed E-state index contributed by atoms with van der Waals surface area (Å²) in [5.74, 6) is 0.348. The summed E-state index contributed by atoms with van der Waals surface area (Å²) in [5.41, 5.74) is 1.29. The second-order valence-electron chi connectivity index (χ2n) is 9.68. The van der Waals surface area contributed by atoms with Gasteiger partial charge in [-0.2, -0.15) is 13.2 Å². The van der Waals surface area contributed by atoms with Crippen LogP contribution < -0.4 is 0 Å². The molecule has 3 aromatic carbocycles. The van der Waals surface area contributed by atoms with Crippen LogP contribution in [0.25, 0.3) is 60.0 Å². The molecule has 6 heteroatoms. The molecule has 0 aliphatic heterocycles. The van der Waals surface area contributed by atoms with Gasteiger partial charge in [-0.15, -0.1) is 0 Å². The number of para-hydroxylation sites is 1. The van der Waals surface area contributed by atoms with Gasteiger partial charge in [-0.25, -0.2) is 4.98 Å². The highest BCUT2D eigenvalue weighted by Crippen LogP contribution is 2.47. The van der Waals surface area contributed by atoms with Crippen LogP contribution in [0, 0.1) is 5.41 Å². The number of benzene rings is 3. The molecular weight excluding hydrogens is 437 g/mol. The quantitative estimate of drug-likeness (QED) is 0.245.